The van der Waals surface area contributed by atoms with E-state index in [1.165, 1.54) is 37.8 Å². The van der Waals surface area contributed by atoms with Crippen LogP contribution in [0.4, 0.5) is 0 Å². The Labute approximate surface area is 290 Å². The number of rotatable bonds is 4. The van der Waals surface area contributed by atoms with Crippen molar-refractivity contribution in [3.63, 3.8) is 0 Å². The fourth-order valence-corrected chi connectivity index (χ4v) is 11.3. The zero-order valence-electron chi connectivity index (χ0n) is 27.7. The van der Waals surface area contributed by atoms with Gasteiger partial charge in [-0.05, 0) is 50.0 Å². The molecule has 5 heteroatoms. The highest BCUT2D eigenvalue weighted by Gasteiger charge is 2.42. The molecule has 0 aliphatic carbocycles. The second-order valence-electron chi connectivity index (χ2n) is 13.6. The Morgan fingerprint density at radius 2 is 1.04 bits per heavy atom. The molecule has 50 heavy (non-hydrogen) atoms. The summed E-state index contributed by atoms with van der Waals surface area (Å²) in [6.07, 6.45) is 0. The summed E-state index contributed by atoms with van der Waals surface area (Å²) in [4.78, 5) is 15.5. The Balaban J connectivity index is 1.25. The third-order valence-corrected chi connectivity index (χ3v) is 13.8. The Morgan fingerprint density at radius 3 is 1.78 bits per heavy atom. The average Bonchev–Trinajstić information content (AvgIpc) is 3.67. The van der Waals surface area contributed by atoms with Crippen LogP contribution in [-0.4, -0.2) is 23.0 Å². The van der Waals surface area contributed by atoms with Crippen molar-refractivity contribution in [1.29, 1.82) is 0 Å². The fourth-order valence-electron chi connectivity index (χ4n) is 7.91. The number of hydrogen-bond donors (Lipinski definition) is 0. The first kappa shape index (κ1) is 28.8. The lowest BCUT2D eigenvalue weighted by Gasteiger charge is -2.21. The van der Waals surface area contributed by atoms with Gasteiger partial charge in [0, 0.05) is 33.0 Å². The van der Waals surface area contributed by atoms with Gasteiger partial charge in [-0.3, -0.25) is 0 Å². The van der Waals surface area contributed by atoms with E-state index in [1.54, 1.807) is 0 Å². The van der Waals surface area contributed by atoms with Gasteiger partial charge >= 0.3 is 0 Å². The second-order valence-corrected chi connectivity index (χ2v) is 17.9. The second kappa shape index (κ2) is 10.9. The molecule has 0 radical (unpaired) electrons. The summed E-state index contributed by atoms with van der Waals surface area (Å²) < 4.78 is 6.86. The van der Waals surface area contributed by atoms with Crippen LogP contribution in [0.25, 0.3) is 89.1 Å². The van der Waals surface area contributed by atoms with E-state index in [0.29, 0.717) is 17.5 Å². The van der Waals surface area contributed by atoms with Crippen molar-refractivity contribution in [2.45, 2.75) is 13.1 Å². The highest BCUT2D eigenvalue weighted by atomic mass is 28.3. The van der Waals surface area contributed by atoms with Crippen LogP contribution in [0, 0.1) is 0 Å². The highest BCUT2D eigenvalue weighted by Crippen LogP contribution is 2.44. The van der Waals surface area contributed by atoms with Gasteiger partial charge in [0.15, 0.2) is 17.5 Å². The maximum Gasteiger partial charge on any atom is 0.164 e. The fraction of sp³-hybridized carbons (Fsp3) is 0.0444. The molecule has 0 N–H and O–H groups in total. The summed E-state index contributed by atoms with van der Waals surface area (Å²) in [5.74, 6) is 1.93. The molecule has 2 aromatic heterocycles. The van der Waals surface area contributed by atoms with Crippen molar-refractivity contribution >= 4 is 51.2 Å². The topological polar surface area (TPSA) is 51.8 Å². The number of hydrogen-bond acceptors (Lipinski definition) is 4. The van der Waals surface area contributed by atoms with Crippen LogP contribution in [0.1, 0.15) is 0 Å². The van der Waals surface area contributed by atoms with Crippen molar-refractivity contribution in [2.24, 2.45) is 0 Å². The van der Waals surface area contributed by atoms with Crippen LogP contribution in [-0.2, 0) is 0 Å². The lowest BCUT2D eigenvalue weighted by atomic mass is 9.96. The van der Waals surface area contributed by atoms with Gasteiger partial charge < -0.3 is 4.42 Å². The molecule has 0 spiro atoms. The molecule has 1 aliphatic rings. The zero-order valence-corrected chi connectivity index (χ0v) is 28.7. The van der Waals surface area contributed by atoms with Gasteiger partial charge in [-0.25, -0.2) is 15.0 Å². The molecule has 4 nitrogen and oxygen atoms in total. The standard InChI is InChI=1S/C45H31N3OSi/c1-50(2)38-27-36(39-34-19-11-12-20-37(34)49-41(39)40(38)35-26-25-30-15-9-10-18-33(30)42(35)50)45-47-43(31-16-7-4-8-17-31)46-44(48-45)32-23-21-29(22-24-32)28-13-5-3-6-14-28/h3-27H,1-2H3. The Morgan fingerprint density at radius 1 is 0.480 bits per heavy atom. The maximum absolute atomic E-state index is 6.86. The Kier molecular flexibility index (Phi) is 6.29. The quantitative estimate of drug-likeness (QED) is 0.177. The molecule has 0 unspecified atom stereocenters. The van der Waals surface area contributed by atoms with Crippen LogP contribution < -0.4 is 10.4 Å². The third kappa shape index (κ3) is 4.33. The number of benzene rings is 7. The van der Waals surface area contributed by atoms with E-state index in [4.69, 9.17) is 19.4 Å². The number of nitrogens with zero attached hydrogens (tertiary/aromatic N) is 3. The van der Waals surface area contributed by atoms with Crippen LogP contribution in [0.3, 0.4) is 0 Å². The number of para-hydroxylation sites is 1. The first-order valence-corrected chi connectivity index (χ1v) is 20.0. The normalized spacial score (nSPS) is 13.2. The van der Waals surface area contributed by atoms with Gasteiger partial charge in [-0.2, -0.15) is 0 Å². The molecule has 0 saturated carbocycles. The summed E-state index contributed by atoms with van der Waals surface area (Å²) in [5.41, 5.74) is 9.45. The molecule has 1 aliphatic heterocycles. The van der Waals surface area contributed by atoms with Crippen molar-refractivity contribution in [1.82, 2.24) is 15.0 Å². The van der Waals surface area contributed by atoms with E-state index in [9.17, 15) is 0 Å². The van der Waals surface area contributed by atoms with Crippen LogP contribution >= 0.6 is 0 Å². The molecule has 0 bridgehead atoms. The van der Waals surface area contributed by atoms with Gasteiger partial charge in [0.2, 0.25) is 0 Å². The van der Waals surface area contributed by atoms with Gasteiger partial charge in [0.05, 0.1) is 0 Å². The minimum atomic E-state index is -2.20. The van der Waals surface area contributed by atoms with Crippen molar-refractivity contribution < 1.29 is 4.42 Å². The lowest BCUT2D eigenvalue weighted by Crippen LogP contribution is -2.49. The maximum atomic E-state index is 6.86. The molecule has 0 atom stereocenters. The Bertz CT molecular complexity index is 2770. The van der Waals surface area contributed by atoms with E-state index in [0.717, 1.165) is 44.2 Å². The van der Waals surface area contributed by atoms with Gasteiger partial charge in [-0.15, -0.1) is 0 Å². The first-order chi connectivity index (χ1) is 24.5. The predicted molar refractivity (Wildman–Crippen MR) is 209 cm³/mol. The highest BCUT2D eigenvalue weighted by molar-refractivity contribution is 7.05. The van der Waals surface area contributed by atoms with Crippen LogP contribution in [0.5, 0.6) is 0 Å². The van der Waals surface area contributed by atoms with Crippen molar-refractivity contribution in [2.75, 3.05) is 0 Å². The molecule has 0 amide bonds. The molecule has 7 aromatic carbocycles. The number of furan rings is 1. The predicted octanol–water partition coefficient (Wildman–Crippen LogP) is 10.4. The molecule has 0 saturated heterocycles. The number of aromatic nitrogens is 3. The first-order valence-electron chi connectivity index (χ1n) is 17.0. The van der Waals surface area contributed by atoms with E-state index < -0.39 is 8.07 Å². The van der Waals surface area contributed by atoms with Gasteiger partial charge in [0.1, 0.15) is 19.2 Å². The third-order valence-electron chi connectivity index (χ3n) is 10.3. The van der Waals surface area contributed by atoms with E-state index in [2.05, 4.69) is 134 Å². The lowest BCUT2D eigenvalue weighted by molar-refractivity contribution is 0.670. The molecule has 3 heterocycles. The summed E-state index contributed by atoms with van der Waals surface area (Å²) in [5, 5.41) is 7.51. The molecule has 9 aromatic rings. The minimum absolute atomic E-state index is 0.640. The molecule has 236 valence electrons. The van der Waals surface area contributed by atoms with E-state index in [-0.39, 0.29) is 0 Å². The molecule has 0 fully saturated rings. The average molecular weight is 658 g/mol. The summed E-state index contributed by atoms with van der Waals surface area (Å²) in [6.45, 7) is 4.93. The largest absolute Gasteiger partial charge is 0.455 e. The monoisotopic (exact) mass is 657 g/mol. The van der Waals surface area contributed by atoms with Crippen LogP contribution in [0.15, 0.2) is 156 Å². The van der Waals surface area contributed by atoms with E-state index in [1.807, 2.05) is 30.3 Å². The molecular formula is C45H31N3OSi. The van der Waals surface area contributed by atoms with E-state index >= 15 is 0 Å². The van der Waals surface area contributed by atoms with Crippen molar-refractivity contribution in [3.8, 4) is 56.4 Å². The summed E-state index contributed by atoms with van der Waals surface area (Å²) in [7, 11) is -2.20. The molecule has 10 rings (SSSR count). The smallest absolute Gasteiger partial charge is 0.164 e. The van der Waals surface area contributed by atoms with Gasteiger partial charge in [0.25, 0.3) is 0 Å². The van der Waals surface area contributed by atoms with Gasteiger partial charge in [-0.1, -0.05) is 153 Å². The minimum Gasteiger partial charge on any atom is -0.455 e. The Hall–Kier alpha value is -6.17. The van der Waals surface area contributed by atoms with Crippen molar-refractivity contribution in [3.05, 3.63) is 152 Å². The summed E-state index contributed by atoms with van der Waals surface area (Å²) in [6, 6.07) is 53.2. The summed E-state index contributed by atoms with van der Waals surface area (Å²) >= 11 is 0. The SMILES string of the molecule is C[Si]1(C)c2cc(-c3nc(-c4ccccc4)nc(-c4ccc(-c5ccccc5)cc4)n3)c3c(oc4ccccc43)c2-c2ccc3ccccc3c21. The number of fused-ring (bicyclic) bond motifs is 9. The zero-order chi connectivity index (χ0) is 33.4. The molecular weight excluding hydrogens is 627 g/mol. The van der Waals surface area contributed by atoms with Crippen LogP contribution in [0.2, 0.25) is 13.1 Å².